The van der Waals surface area contributed by atoms with Crippen LogP contribution in [0.25, 0.3) is 11.1 Å². The fourth-order valence-electron chi connectivity index (χ4n) is 3.54. The third-order valence-corrected chi connectivity index (χ3v) is 6.13. The molecule has 4 rings (SSSR count). The van der Waals surface area contributed by atoms with E-state index in [1.165, 1.54) is 17.4 Å². The van der Waals surface area contributed by atoms with Crippen LogP contribution in [0.15, 0.2) is 53.9 Å². The van der Waals surface area contributed by atoms with Gasteiger partial charge in [-0.2, -0.15) is 13.2 Å². The second kappa shape index (κ2) is 8.57. The summed E-state index contributed by atoms with van der Waals surface area (Å²) in [5.41, 5.74) is 0.943. The normalized spacial score (nSPS) is 15.2. The van der Waals surface area contributed by atoms with Crippen molar-refractivity contribution in [3.8, 4) is 11.1 Å². The molecule has 3 aromatic rings. The number of hydrogen-bond acceptors (Lipinski definition) is 4. The topological polar surface area (TPSA) is 54.0 Å². The molecule has 0 bridgehead atoms. The standard InChI is InChI=1S/C22H20F3N3OS/c23-22(24,25)16-5-3-4-15(12-16)17-6-1-2-7-18(17)27-20(29)19-13-30-21(28-19)14-8-10-26-11-9-14/h1-7,12-14,26H,8-11H2,(H,27,29). The van der Waals surface area contributed by atoms with Crippen molar-refractivity contribution in [1.29, 1.82) is 0 Å². The predicted molar refractivity (Wildman–Crippen MR) is 112 cm³/mol. The minimum absolute atomic E-state index is 0.326. The van der Waals surface area contributed by atoms with Crippen LogP contribution in [0.4, 0.5) is 18.9 Å². The fourth-order valence-corrected chi connectivity index (χ4v) is 4.51. The molecule has 0 atom stereocenters. The summed E-state index contributed by atoms with van der Waals surface area (Å²) in [6.45, 7) is 1.88. The Hall–Kier alpha value is -2.71. The number of rotatable bonds is 4. The molecule has 2 N–H and O–H groups in total. The molecule has 156 valence electrons. The lowest BCUT2D eigenvalue weighted by Gasteiger charge is -2.20. The third-order valence-electron chi connectivity index (χ3n) is 5.12. The van der Waals surface area contributed by atoms with Crippen molar-refractivity contribution in [2.24, 2.45) is 0 Å². The highest BCUT2D eigenvalue weighted by Crippen LogP contribution is 2.35. The summed E-state index contributed by atoms with van der Waals surface area (Å²) in [6.07, 6.45) is -2.44. The zero-order valence-corrected chi connectivity index (χ0v) is 16.8. The number of nitrogens with one attached hydrogen (secondary N) is 2. The van der Waals surface area contributed by atoms with Crippen LogP contribution in [0.3, 0.4) is 0 Å². The number of anilines is 1. The van der Waals surface area contributed by atoms with Gasteiger partial charge in [0.15, 0.2) is 0 Å². The van der Waals surface area contributed by atoms with Crippen molar-refractivity contribution >= 4 is 22.9 Å². The molecule has 0 saturated carbocycles. The zero-order chi connectivity index (χ0) is 21.1. The summed E-state index contributed by atoms with van der Waals surface area (Å²) in [5.74, 6) is -0.0129. The molecule has 8 heteroatoms. The maximum absolute atomic E-state index is 13.1. The summed E-state index contributed by atoms with van der Waals surface area (Å²) < 4.78 is 39.3. The first-order chi connectivity index (χ1) is 14.4. The van der Waals surface area contributed by atoms with Crippen molar-refractivity contribution in [3.05, 3.63) is 70.2 Å². The first kappa shape index (κ1) is 20.6. The quantitative estimate of drug-likeness (QED) is 0.570. The maximum Gasteiger partial charge on any atom is 0.416 e. The van der Waals surface area contributed by atoms with Crippen LogP contribution in [0.2, 0.25) is 0 Å². The van der Waals surface area contributed by atoms with E-state index < -0.39 is 11.7 Å². The molecule has 1 fully saturated rings. The van der Waals surface area contributed by atoms with Gasteiger partial charge in [0, 0.05) is 22.5 Å². The van der Waals surface area contributed by atoms with Gasteiger partial charge in [-0.05, 0) is 49.7 Å². The second-order valence-electron chi connectivity index (χ2n) is 7.17. The molecule has 0 radical (unpaired) electrons. The van der Waals surface area contributed by atoms with E-state index in [2.05, 4.69) is 15.6 Å². The molecule has 1 amide bonds. The van der Waals surface area contributed by atoms with Gasteiger partial charge in [-0.25, -0.2) is 4.98 Å². The number of thiazole rings is 1. The number of benzene rings is 2. The Morgan fingerprint density at radius 1 is 1.10 bits per heavy atom. The molecule has 0 unspecified atom stereocenters. The number of halogens is 3. The molecule has 30 heavy (non-hydrogen) atoms. The second-order valence-corrected chi connectivity index (χ2v) is 8.06. The number of piperidine rings is 1. The van der Waals surface area contributed by atoms with Crippen LogP contribution >= 0.6 is 11.3 Å². The number of alkyl halides is 3. The summed E-state index contributed by atoms with van der Waals surface area (Å²) in [4.78, 5) is 17.3. The Morgan fingerprint density at radius 2 is 1.87 bits per heavy atom. The SMILES string of the molecule is O=C(Nc1ccccc1-c1cccc(C(F)(F)F)c1)c1csc(C2CCNCC2)n1. The van der Waals surface area contributed by atoms with Gasteiger partial charge < -0.3 is 10.6 Å². The Morgan fingerprint density at radius 3 is 2.63 bits per heavy atom. The minimum Gasteiger partial charge on any atom is -0.320 e. The van der Waals surface area contributed by atoms with Crippen LogP contribution in [-0.2, 0) is 6.18 Å². The lowest BCUT2D eigenvalue weighted by molar-refractivity contribution is -0.137. The largest absolute Gasteiger partial charge is 0.416 e. The highest BCUT2D eigenvalue weighted by Gasteiger charge is 2.30. The Labute approximate surface area is 176 Å². The molecule has 2 aromatic carbocycles. The maximum atomic E-state index is 13.1. The Balaban J connectivity index is 1.56. The van der Waals surface area contributed by atoms with Crippen LogP contribution in [-0.4, -0.2) is 24.0 Å². The van der Waals surface area contributed by atoms with Crippen molar-refractivity contribution in [2.45, 2.75) is 24.9 Å². The molecule has 0 spiro atoms. The molecule has 1 aliphatic rings. The highest BCUT2D eigenvalue weighted by molar-refractivity contribution is 7.10. The molecular weight excluding hydrogens is 411 g/mol. The van der Waals surface area contributed by atoms with Gasteiger partial charge in [-0.1, -0.05) is 30.3 Å². The molecule has 4 nitrogen and oxygen atoms in total. The van der Waals surface area contributed by atoms with Gasteiger partial charge in [-0.15, -0.1) is 11.3 Å². The van der Waals surface area contributed by atoms with E-state index in [1.807, 2.05) is 0 Å². The Kier molecular flexibility index (Phi) is 5.87. The van der Waals surface area contributed by atoms with Crippen molar-refractivity contribution < 1.29 is 18.0 Å². The van der Waals surface area contributed by atoms with Gasteiger partial charge in [0.2, 0.25) is 0 Å². The van der Waals surface area contributed by atoms with E-state index in [1.54, 1.807) is 35.7 Å². The molecule has 2 heterocycles. The number of nitrogens with zero attached hydrogens (tertiary/aromatic N) is 1. The van der Waals surface area contributed by atoms with E-state index in [-0.39, 0.29) is 5.91 Å². The lowest BCUT2D eigenvalue weighted by Crippen LogP contribution is -2.26. The lowest BCUT2D eigenvalue weighted by atomic mass is 9.99. The van der Waals surface area contributed by atoms with Crippen molar-refractivity contribution in [2.75, 3.05) is 18.4 Å². The van der Waals surface area contributed by atoms with Crippen LogP contribution < -0.4 is 10.6 Å². The van der Waals surface area contributed by atoms with Crippen molar-refractivity contribution in [1.82, 2.24) is 10.3 Å². The van der Waals surface area contributed by atoms with Gasteiger partial charge in [0.05, 0.1) is 10.6 Å². The average molecular weight is 431 g/mol. The summed E-state index contributed by atoms with van der Waals surface area (Å²) in [7, 11) is 0. The smallest absolute Gasteiger partial charge is 0.320 e. The Bertz CT molecular complexity index is 1040. The number of hydrogen-bond donors (Lipinski definition) is 2. The van der Waals surface area contributed by atoms with E-state index in [0.29, 0.717) is 28.4 Å². The van der Waals surface area contributed by atoms with Crippen molar-refractivity contribution in [3.63, 3.8) is 0 Å². The van der Waals surface area contributed by atoms with E-state index in [9.17, 15) is 18.0 Å². The zero-order valence-electron chi connectivity index (χ0n) is 16.0. The number of carbonyl (C=O) groups is 1. The first-order valence-electron chi connectivity index (χ1n) is 9.66. The van der Waals surface area contributed by atoms with Gasteiger partial charge >= 0.3 is 6.18 Å². The summed E-state index contributed by atoms with van der Waals surface area (Å²) in [6, 6.07) is 11.9. The van der Waals surface area contributed by atoms with Crippen LogP contribution in [0.1, 0.15) is 39.8 Å². The minimum atomic E-state index is -4.43. The molecule has 1 aliphatic heterocycles. The number of carbonyl (C=O) groups excluding carboxylic acids is 1. The van der Waals surface area contributed by atoms with E-state index in [4.69, 9.17) is 0 Å². The molecule has 0 aliphatic carbocycles. The number of aromatic nitrogens is 1. The monoisotopic (exact) mass is 431 g/mol. The third kappa shape index (κ3) is 4.55. The molecule has 1 aromatic heterocycles. The van der Waals surface area contributed by atoms with E-state index >= 15 is 0 Å². The average Bonchev–Trinajstić information content (AvgIpc) is 3.25. The number of amides is 1. The number of para-hydroxylation sites is 1. The fraction of sp³-hybridized carbons (Fsp3) is 0.273. The summed E-state index contributed by atoms with van der Waals surface area (Å²) in [5, 5.41) is 8.81. The first-order valence-corrected chi connectivity index (χ1v) is 10.5. The molecule has 1 saturated heterocycles. The van der Waals surface area contributed by atoms with Gasteiger partial charge in [-0.3, -0.25) is 4.79 Å². The predicted octanol–water partition coefficient (Wildman–Crippen LogP) is 5.55. The van der Waals surface area contributed by atoms with Crippen LogP contribution in [0.5, 0.6) is 0 Å². The van der Waals surface area contributed by atoms with Gasteiger partial charge in [0.1, 0.15) is 5.69 Å². The van der Waals surface area contributed by atoms with Crippen LogP contribution in [0, 0.1) is 0 Å². The highest BCUT2D eigenvalue weighted by atomic mass is 32.1. The molecular formula is C22H20F3N3OS. The van der Waals surface area contributed by atoms with Gasteiger partial charge in [0.25, 0.3) is 5.91 Å². The summed E-state index contributed by atoms with van der Waals surface area (Å²) >= 11 is 1.48. The van der Waals surface area contributed by atoms with E-state index in [0.717, 1.165) is 43.1 Å².